The average Bonchev–Trinajstić information content (AvgIpc) is 3.10. The third-order valence-electron chi connectivity index (χ3n) is 4.61. The number of hydrogen-bond donors (Lipinski definition) is 0. The van der Waals surface area contributed by atoms with Gasteiger partial charge >= 0.3 is 6.09 Å². The van der Waals surface area contributed by atoms with E-state index in [2.05, 4.69) is 0 Å². The van der Waals surface area contributed by atoms with Crippen LogP contribution in [0.25, 0.3) is 0 Å². The molecular formula is C16H17N3O4S. The molecule has 0 aromatic heterocycles. The number of carbonyl (C=O) groups is 3. The molecule has 0 radical (unpaired) electrons. The van der Waals surface area contributed by atoms with Crippen LogP contribution in [0.3, 0.4) is 0 Å². The van der Waals surface area contributed by atoms with Gasteiger partial charge in [0, 0.05) is 18.8 Å². The first-order valence-electron chi connectivity index (χ1n) is 7.85. The maximum atomic E-state index is 12.7. The molecule has 0 bridgehead atoms. The molecule has 3 saturated heterocycles. The molecule has 126 valence electrons. The first kappa shape index (κ1) is 15.3. The zero-order valence-corrected chi connectivity index (χ0v) is 13.8. The molecular weight excluding hydrogens is 330 g/mol. The quantitative estimate of drug-likeness (QED) is 0.745. The van der Waals surface area contributed by atoms with Gasteiger partial charge < -0.3 is 19.4 Å². The number of hydrogen-bond acceptors (Lipinski definition) is 5. The minimum Gasteiger partial charge on any atom is -0.410 e. The van der Waals surface area contributed by atoms with Crippen LogP contribution in [0.5, 0.6) is 5.75 Å². The topological polar surface area (TPSA) is 70.2 Å². The van der Waals surface area contributed by atoms with E-state index >= 15 is 0 Å². The summed E-state index contributed by atoms with van der Waals surface area (Å²) in [6.45, 7) is 0.930. The summed E-state index contributed by atoms with van der Waals surface area (Å²) in [5.74, 6) is 1.61. The molecule has 2 atom stereocenters. The predicted molar refractivity (Wildman–Crippen MR) is 87.5 cm³/mol. The van der Waals surface area contributed by atoms with E-state index < -0.39 is 12.1 Å². The fraction of sp³-hybridized carbons (Fsp3) is 0.438. The summed E-state index contributed by atoms with van der Waals surface area (Å²) < 4.78 is 5.34. The number of benzene rings is 1. The van der Waals surface area contributed by atoms with Gasteiger partial charge in [-0.15, -0.1) is 11.8 Å². The Labute approximate surface area is 143 Å². The Balaban J connectivity index is 1.47. The second-order valence-electron chi connectivity index (χ2n) is 6.00. The average molecular weight is 347 g/mol. The van der Waals surface area contributed by atoms with Gasteiger partial charge in [-0.25, -0.2) is 4.79 Å². The van der Waals surface area contributed by atoms with Crippen molar-refractivity contribution in [2.45, 2.75) is 12.1 Å². The zero-order chi connectivity index (χ0) is 16.7. The number of amides is 3. The van der Waals surface area contributed by atoms with E-state index in [-0.39, 0.29) is 24.4 Å². The molecule has 3 fully saturated rings. The number of ether oxygens (including phenoxy) is 1. The highest BCUT2D eigenvalue weighted by Crippen LogP contribution is 2.30. The molecule has 3 heterocycles. The van der Waals surface area contributed by atoms with Crippen molar-refractivity contribution in [3.8, 4) is 5.75 Å². The molecule has 4 rings (SSSR count). The Hall–Kier alpha value is -2.22. The molecule has 0 unspecified atom stereocenters. The van der Waals surface area contributed by atoms with E-state index in [9.17, 15) is 14.4 Å². The van der Waals surface area contributed by atoms with Crippen LogP contribution in [0, 0.1) is 0 Å². The summed E-state index contributed by atoms with van der Waals surface area (Å²) in [5, 5.41) is 0. The van der Waals surface area contributed by atoms with Crippen LogP contribution in [0.15, 0.2) is 30.3 Å². The second kappa shape index (κ2) is 6.01. The van der Waals surface area contributed by atoms with Crippen molar-refractivity contribution in [2.24, 2.45) is 0 Å². The molecule has 3 aliphatic heterocycles. The standard InChI is InChI=1S/C16H17N3O4S/c20-14-12-8-17(16(22)23-11-4-2-1-3-5-11)6-7-18(12)15(21)13-9-24-10-19(13)14/h1-5,12-13H,6-10H2/t12-,13+/m1/s1. The van der Waals surface area contributed by atoms with E-state index in [4.69, 9.17) is 4.74 Å². The third kappa shape index (κ3) is 2.50. The van der Waals surface area contributed by atoms with Crippen molar-refractivity contribution >= 4 is 29.7 Å². The van der Waals surface area contributed by atoms with E-state index in [1.807, 2.05) is 6.07 Å². The van der Waals surface area contributed by atoms with Gasteiger partial charge in [0.15, 0.2) is 0 Å². The normalized spacial score (nSPS) is 26.2. The SMILES string of the molecule is O=C(Oc1ccccc1)N1CCN2C(=O)[C@@H]3CSCN3C(=O)[C@H]2C1. The number of rotatable bonds is 1. The molecule has 3 amide bonds. The summed E-state index contributed by atoms with van der Waals surface area (Å²) in [7, 11) is 0. The van der Waals surface area contributed by atoms with E-state index in [1.54, 1.807) is 45.8 Å². The summed E-state index contributed by atoms with van der Waals surface area (Å²) >= 11 is 1.59. The molecule has 1 aromatic carbocycles. The van der Waals surface area contributed by atoms with Gasteiger partial charge in [-0.3, -0.25) is 9.59 Å². The highest BCUT2D eigenvalue weighted by Gasteiger charge is 2.50. The maximum absolute atomic E-state index is 12.7. The van der Waals surface area contributed by atoms with E-state index in [1.165, 1.54) is 4.90 Å². The van der Waals surface area contributed by atoms with Gasteiger partial charge in [-0.2, -0.15) is 0 Å². The Morgan fingerprint density at radius 1 is 1.04 bits per heavy atom. The lowest BCUT2D eigenvalue weighted by atomic mass is 10.0. The fourth-order valence-electron chi connectivity index (χ4n) is 3.33. The predicted octanol–water partition coefficient (Wildman–Crippen LogP) is 0.613. The molecule has 8 heteroatoms. The fourth-order valence-corrected chi connectivity index (χ4v) is 4.48. The number of carbonyl (C=O) groups excluding carboxylic acids is 3. The molecule has 7 nitrogen and oxygen atoms in total. The summed E-state index contributed by atoms with van der Waals surface area (Å²) in [4.78, 5) is 42.3. The largest absolute Gasteiger partial charge is 0.415 e. The van der Waals surface area contributed by atoms with Crippen molar-refractivity contribution in [1.29, 1.82) is 0 Å². The lowest BCUT2D eigenvalue weighted by Gasteiger charge is -2.46. The van der Waals surface area contributed by atoms with Gasteiger partial charge in [0.25, 0.3) is 0 Å². The molecule has 0 aliphatic carbocycles. The van der Waals surface area contributed by atoms with Crippen molar-refractivity contribution in [3.63, 3.8) is 0 Å². The Kier molecular flexibility index (Phi) is 3.84. The second-order valence-corrected chi connectivity index (χ2v) is 7.00. The molecule has 0 saturated carbocycles. The Bertz CT molecular complexity index is 683. The van der Waals surface area contributed by atoms with Crippen LogP contribution >= 0.6 is 11.8 Å². The minimum absolute atomic E-state index is 0.000627. The van der Waals surface area contributed by atoms with E-state index in [0.29, 0.717) is 30.5 Å². The summed E-state index contributed by atoms with van der Waals surface area (Å²) in [6.07, 6.45) is -0.487. The minimum atomic E-state index is -0.593. The molecule has 3 aliphatic rings. The van der Waals surface area contributed by atoms with Crippen molar-refractivity contribution < 1.29 is 19.1 Å². The Morgan fingerprint density at radius 2 is 1.79 bits per heavy atom. The van der Waals surface area contributed by atoms with Gasteiger partial charge in [0.05, 0.1) is 12.4 Å². The van der Waals surface area contributed by atoms with Crippen molar-refractivity contribution in [2.75, 3.05) is 31.3 Å². The number of fused-ring (bicyclic) bond motifs is 2. The first-order valence-corrected chi connectivity index (χ1v) is 9.01. The number of nitrogens with zero attached hydrogens (tertiary/aromatic N) is 3. The van der Waals surface area contributed by atoms with Crippen LogP contribution in [0.1, 0.15) is 0 Å². The van der Waals surface area contributed by atoms with Crippen LogP contribution < -0.4 is 4.74 Å². The third-order valence-corrected chi connectivity index (χ3v) is 5.62. The van der Waals surface area contributed by atoms with Gasteiger partial charge in [-0.05, 0) is 12.1 Å². The number of piperazine rings is 2. The van der Waals surface area contributed by atoms with Gasteiger partial charge in [0.1, 0.15) is 17.8 Å². The summed E-state index contributed by atoms with van der Waals surface area (Å²) in [6, 6.07) is 7.90. The lowest BCUT2D eigenvalue weighted by molar-refractivity contribution is -0.161. The summed E-state index contributed by atoms with van der Waals surface area (Å²) in [5.41, 5.74) is 0. The monoisotopic (exact) mass is 347 g/mol. The molecule has 0 N–H and O–H groups in total. The van der Waals surface area contributed by atoms with Crippen molar-refractivity contribution in [1.82, 2.24) is 14.7 Å². The highest BCUT2D eigenvalue weighted by molar-refractivity contribution is 7.99. The highest BCUT2D eigenvalue weighted by atomic mass is 32.2. The van der Waals surface area contributed by atoms with E-state index in [0.717, 1.165) is 0 Å². The van der Waals surface area contributed by atoms with Crippen molar-refractivity contribution in [3.05, 3.63) is 30.3 Å². The number of thioether (sulfide) groups is 1. The van der Waals surface area contributed by atoms with Crippen LogP contribution in [-0.4, -0.2) is 76.0 Å². The van der Waals surface area contributed by atoms with Gasteiger partial charge in [-0.1, -0.05) is 18.2 Å². The molecule has 0 spiro atoms. The maximum Gasteiger partial charge on any atom is 0.415 e. The smallest absolute Gasteiger partial charge is 0.410 e. The van der Waals surface area contributed by atoms with Gasteiger partial charge in [0.2, 0.25) is 11.8 Å². The van der Waals surface area contributed by atoms with Crippen LogP contribution in [0.2, 0.25) is 0 Å². The molecule has 24 heavy (non-hydrogen) atoms. The van der Waals surface area contributed by atoms with Crippen LogP contribution in [0.4, 0.5) is 4.79 Å². The lowest BCUT2D eigenvalue weighted by Crippen LogP contribution is -2.69. The van der Waals surface area contributed by atoms with Crippen LogP contribution in [-0.2, 0) is 9.59 Å². The Morgan fingerprint density at radius 3 is 2.58 bits per heavy atom. The zero-order valence-electron chi connectivity index (χ0n) is 13.0. The first-order chi connectivity index (χ1) is 11.6. The molecule has 1 aromatic rings. The number of para-hydroxylation sites is 1.